The Labute approximate surface area is 118 Å². The van der Waals surface area contributed by atoms with E-state index < -0.39 is 0 Å². The van der Waals surface area contributed by atoms with E-state index in [1.165, 1.54) is 5.56 Å². The molecule has 3 rings (SSSR count). The summed E-state index contributed by atoms with van der Waals surface area (Å²) in [5.41, 5.74) is 8.70. The number of benzene rings is 2. The molecule has 0 spiro atoms. The molecule has 2 unspecified atom stereocenters. The molecule has 0 aromatic heterocycles. The van der Waals surface area contributed by atoms with Crippen LogP contribution in [0.25, 0.3) is 0 Å². The highest BCUT2D eigenvalue weighted by Gasteiger charge is 2.25. The molecule has 0 bridgehead atoms. The van der Waals surface area contributed by atoms with Gasteiger partial charge in [-0.2, -0.15) is 0 Å². The maximum absolute atomic E-state index is 6.35. The van der Waals surface area contributed by atoms with Crippen LogP contribution in [0.5, 0.6) is 5.75 Å². The first-order valence-corrected chi connectivity index (χ1v) is 6.83. The summed E-state index contributed by atoms with van der Waals surface area (Å²) in [6, 6.07) is 15.9. The van der Waals surface area contributed by atoms with E-state index in [1.54, 1.807) is 0 Å². The van der Waals surface area contributed by atoms with Gasteiger partial charge in [0.2, 0.25) is 0 Å². The lowest BCUT2D eigenvalue weighted by Gasteiger charge is -2.29. The van der Waals surface area contributed by atoms with Crippen LogP contribution in [0.1, 0.15) is 17.2 Å². The van der Waals surface area contributed by atoms with E-state index in [0.717, 1.165) is 22.8 Å². The van der Waals surface area contributed by atoms with E-state index in [0.29, 0.717) is 12.5 Å². The number of halogens is 1. The van der Waals surface area contributed by atoms with E-state index in [4.69, 9.17) is 22.1 Å². The van der Waals surface area contributed by atoms with Crippen LogP contribution in [0.15, 0.2) is 48.5 Å². The second-order valence-electron chi connectivity index (χ2n) is 4.96. The van der Waals surface area contributed by atoms with Gasteiger partial charge in [-0.3, -0.25) is 0 Å². The average Bonchev–Trinajstić information content (AvgIpc) is 2.47. The fourth-order valence-corrected chi connectivity index (χ4v) is 2.67. The molecule has 0 saturated carbocycles. The van der Waals surface area contributed by atoms with Crippen molar-refractivity contribution in [2.45, 2.75) is 12.5 Å². The largest absolute Gasteiger partial charge is 0.493 e. The summed E-state index contributed by atoms with van der Waals surface area (Å²) in [5, 5.41) is 0.737. The van der Waals surface area contributed by atoms with Crippen LogP contribution < -0.4 is 10.5 Å². The normalized spacial score (nSPS) is 19.4. The second kappa shape index (κ2) is 5.24. The van der Waals surface area contributed by atoms with Crippen LogP contribution >= 0.6 is 11.6 Å². The predicted octanol–water partition coefficient (Wildman–Crippen LogP) is 3.59. The van der Waals surface area contributed by atoms with E-state index >= 15 is 0 Å². The van der Waals surface area contributed by atoms with Gasteiger partial charge >= 0.3 is 0 Å². The summed E-state index contributed by atoms with van der Waals surface area (Å²) >= 11 is 5.90. The number of para-hydroxylation sites is 1. The highest BCUT2D eigenvalue weighted by atomic mass is 35.5. The van der Waals surface area contributed by atoms with Crippen molar-refractivity contribution in [3.05, 3.63) is 64.7 Å². The summed E-state index contributed by atoms with van der Waals surface area (Å²) in [6.07, 6.45) is 0.958. The molecule has 1 heterocycles. The first-order valence-electron chi connectivity index (χ1n) is 6.46. The van der Waals surface area contributed by atoms with E-state index in [2.05, 4.69) is 6.07 Å². The number of rotatable bonds is 2. The van der Waals surface area contributed by atoms with Crippen molar-refractivity contribution in [1.82, 2.24) is 0 Å². The van der Waals surface area contributed by atoms with Crippen LogP contribution in [-0.2, 0) is 6.42 Å². The smallest absolute Gasteiger partial charge is 0.122 e. The standard InChI is InChI=1S/C16H16ClNO/c17-14-7-5-11(6-8-14)16(18)13-9-12-3-1-2-4-15(12)19-10-13/h1-8,13,16H,9-10,18H2. The van der Waals surface area contributed by atoms with Gasteiger partial charge in [0.15, 0.2) is 0 Å². The van der Waals surface area contributed by atoms with Gasteiger partial charge in [-0.1, -0.05) is 41.9 Å². The lowest BCUT2D eigenvalue weighted by Crippen LogP contribution is -2.31. The lowest BCUT2D eigenvalue weighted by atomic mass is 9.87. The Morgan fingerprint density at radius 2 is 1.84 bits per heavy atom. The molecule has 0 fully saturated rings. The monoisotopic (exact) mass is 273 g/mol. The molecule has 2 atom stereocenters. The zero-order valence-corrected chi connectivity index (χ0v) is 11.3. The van der Waals surface area contributed by atoms with E-state index in [1.807, 2.05) is 42.5 Å². The molecule has 98 valence electrons. The molecule has 2 N–H and O–H groups in total. The highest BCUT2D eigenvalue weighted by molar-refractivity contribution is 6.30. The van der Waals surface area contributed by atoms with E-state index in [9.17, 15) is 0 Å². The second-order valence-corrected chi connectivity index (χ2v) is 5.40. The maximum atomic E-state index is 6.35. The van der Waals surface area contributed by atoms with Gasteiger partial charge in [0.05, 0.1) is 6.61 Å². The van der Waals surface area contributed by atoms with Gasteiger partial charge in [-0.25, -0.2) is 0 Å². The Kier molecular flexibility index (Phi) is 3.45. The number of fused-ring (bicyclic) bond motifs is 1. The van der Waals surface area contributed by atoms with E-state index in [-0.39, 0.29) is 6.04 Å². The van der Waals surface area contributed by atoms with Crippen LogP contribution in [0.4, 0.5) is 0 Å². The van der Waals surface area contributed by atoms with Gasteiger partial charge < -0.3 is 10.5 Å². The molecule has 2 aromatic carbocycles. The number of ether oxygens (including phenoxy) is 1. The third-order valence-electron chi connectivity index (χ3n) is 3.67. The number of hydrogen-bond donors (Lipinski definition) is 1. The summed E-state index contributed by atoms with van der Waals surface area (Å²) in [5.74, 6) is 1.29. The van der Waals surface area contributed by atoms with Gasteiger partial charge in [0.1, 0.15) is 5.75 Å². The molecular formula is C16H16ClNO. The molecule has 2 nitrogen and oxygen atoms in total. The molecule has 0 aliphatic carbocycles. The first-order chi connectivity index (χ1) is 9.24. The van der Waals surface area contributed by atoms with Crippen molar-refractivity contribution in [2.24, 2.45) is 11.7 Å². The third-order valence-corrected chi connectivity index (χ3v) is 3.92. The topological polar surface area (TPSA) is 35.2 Å². The zero-order chi connectivity index (χ0) is 13.2. The van der Waals surface area contributed by atoms with Crippen molar-refractivity contribution < 1.29 is 4.74 Å². The Morgan fingerprint density at radius 1 is 1.11 bits per heavy atom. The summed E-state index contributed by atoms with van der Waals surface area (Å²) in [6.45, 7) is 0.667. The minimum absolute atomic E-state index is 0.0226. The van der Waals surface area contributed by atoms with Crippen molar-refractivity contribution in [3.63, 3.8) is 0 Å². The number of nitrogens with two attached hydrogens (primary N) is 1. The minimum atomic E-state index is -0.0226. The summed E-state index contributed by atoms with van der Waals surface area (Å²) < 4.78 is 5.80. The maximum Gasteiger partial charge on any atom is 0.122 e. The molecule has 2 aromatic rings. The fraction of sp³-hybridized carbons (Fsp3) is 0.250. The zero-order valence-electron chi connectivity index (χ0n) is 10.6. The predicted molar refractivity (Wildman–Crippen MR) is 77.5 cm³/mol. The molecule has 0 amide bonds. The van der Waals surface area contributed by atoms with Crippen LogP contribution in [0.3, 0.4) is 0 Å². The lowest BCUT2D eigenvalue weighted by molar-refractivity contribution is 0.200. The van der Waals surface area contributed by atoms with Crippen LogP contribution in [0, 0.1) is 5.92 Å². The summed E-state index contributed by atoms with van der Waals surface area (Å²) in [7, 11) is 0. The highest BCUT2D eigenvalue weighted by Crippen LogP contribution is 2.32. The van der Waals surface area contributed by atoms with Crippen LogP contribution in [-0.4, -0.2) is 6.61 Å². The minimum Gasteiger partial charge on any atom is -0.493 e. The Bertz CT molecular complexity index is 567. The van der Waals surface area contributed by atoms with Crippen molar-refractivity contribution in [1.29, 1.82) is 0 Å². The first kappa shape index (κ1) is 12.5. The Balaban J connectivity index is 1.79. The molecule has 19 heavy (non-hydrogen) atoms. The van der Waals surface area contributed by atoms with Gasteiger partial charge in [0.25, 0.3) is 0 Å². The van der Waals surface area contributed by atoms with Crippen molar-refractivity contribution in [3.8, 4) is 5.75 Å². The van der Waals surface area contributed by atoms with Gasteiger partial charge in [-0.05, 0) is 35.7 Å². The van der Waals surface area contributed by atoms with Crippen molar-refractivity contribution >= 4 is 11.6 Å². The molecule has 0 radical (unpaired) electrons. The van der Waals surface area contributed by atoms with Gasteiger partial charge in [0, 0.05) is 17.0 Å². The Morgan fingerprint density at radius 3 is 2.63 bits per heavy atom. The molecule has 1 aliphatic rings. The van der Waals surface area contributed by atoms with Gasteiger partial charge in [-0.15, -0.1) is 0 Å². The van der Waals surface area contributed by atoms with Crippen molar-refractivity contribution in [2.75, 3.05) is 6.61 Å². The fourth-order valence-electron chi connectivity index (χ4n) is 2.54. The average molecular weight is 274 g/mol. The number of hydrogen-bond acceptors (Lipinski definition) is 2. The molecule has 0 saturated heterocycles. The Hall–Kier alpha value is -1.51. The molecule has 3 heteroatoms. The summed E-state index contributed by atoms with van der Waals surface area (Å²) in [4.78, 5) is 0. The van der Waals surface area contributed by atoms with Crippen LogP contribution in [0.2, 0.25) is 5.02 Å². The third kappa shape index (κ3) is 2.60. The quantitative estimate of drug-likeness (QED) is 0.907. The SMILES string of the molecule is NC(c1ccc(Cl)cc1)C1COc2ccccc2C1. The molecular weight excluding hydrogens is 258 g/mol. The molecule has 1 aliphatic heterocycles.